The molecule has 0 spiro atoms. The van der Waals surface area contributed by atoms with Gasteiger partial charge in [0.1, 0.15) is 11.8 Å². The summed E-state index contributed by atoms with van der Waals surface area (Å²) in [5.74, 6) is 0.595. The summed E-state index contributed by atoms with van der Waals surface area (Å²) in [7, 11) is 0. The number of alkyl halides is 3. The third-order valence-corrected chi connectivity index (χ3v) is 3.33. The van der Waals surface area contributed by atoms with Gasteiger partial charge in [0.05, 0.1) is 6.61 Å². The Kier molecular flexibility index (Phi) is 9.15. The van der Waals surface area contributed by atoms with Gasteiger partial charge in [-0.2, -0.15) is 13.2 Å². The first-order chi connectivity index (χ1) is 9.52. The highest BCUT2D eigenvalue weighted by molar-refractivity contribution is 5.85. The molecular weight excluding hydrogens is 340 g/mol. The van der Waals surface area contributed by atoms with Crippen LogP contribution in [0.3, 0.4) is 0 Å². The molecule has 1 N–H and O–H groups in total. The monoisotopic (exact) mass is 360 g/mol. The standard InChI is InChI=1S/C14H19F3N2O.2ClH/c1-2-20-12-5-3-11(4-6-12)13(14(15,16)17)19-9-7-18-8-10-19;;/h3-6,13,18H,2,7-10H2,1H3;2*1H/t13-;;/m0../s1. The lowest BCUT2D eigenvalue weighted by Crippen LogP contribution is -2.49. The van der Waals surface area contributed by atoms with Gasteiger partial charge in [0.25, 0.3) is 0 Å². The van der Waals surface area contributed by atoms with Gasteiger partial charge in [0.15, 0.2) is 0 Å². The number of ether oxygens (including phenoxy) is 1. The smallest absolute Gasteiger partial charge is 0.408 e. The number of nitrogens with zero attached hydrogens (tertiary/aromatic N) is 1. The largest absolute Gasteiger partial charge is 0.494 e. The molecule has 1 aromatic carbocycles. The third kappa shape index (κ3) is 5.50. The zero-order valence-electron chi connectivity index (χ0n) is 12.2. The second-order valence-electron chi connectivity index (χ2n) is 4.73. The topological polar surface area (TPSA) is 24.5 Å². The summed E-state index contributed by atoms with van der Waals surface area (Å²) < 4.78 is 45.3. The molecule has 0 aliphatic carbocycles. The van der Waals surface area contributed by atoms with Gasteiger partial charge in [-0.1, -0.05) is 12.1 Å². The lowest BCUT2D eigenvalue weighted by atomic mass is 10.0. The molecule has 1 aliphatic heterocycles. The second-order valence-corrected chi connectivity index (χ2v) is 4.73. The van der Waals surface area contributed by atoms with E-state index < -0.39 is 12.2 Å². The van der Waals surface area contributed by atoms with Crippen LogP contribution >= 0.6 is 24.8 Å². The molecule has 22 heavy (non-hydrogen) atoms. The fourth-order valence-electron chi connectivity index (χ4n) is 2.46. The van der Waals surface area contributed by atoms with Gasteiger partial charge >= 0.3 is 6.18 Å². The Bertz CT molecular complexity index is 423. The molecule has 0 aromatic heterocycles. The number of nitrogens with one attached hydrogen (secondary N) is 1. The summed E-state index contributed by atoms with van der Waals surface area (Å²) in [4.78, 5) is 1.48. The van der Waals surface area contributed by atoms with E-state index in [1.807, 2.05) is 6.92 Å². The Hall–Kier alpha value is -0.690. The molecule has 3 nitrogen and oxygen atoms in total. The zero-order chi connectivity index (χ0) is 14.6. The first kappa shape index (κ1) is 21.3. The number of rotatable bonds is 4. The van der Waals surface area contributed by atoms with Crippen molar-refractivity contribution in [3.8, 4) is 5.75 Å². The number of benzene rings is 1. The Morgan fingerprint density at radius 3 is 2.14 bits per heavy atom. The second kappa shape index (κ2) is 9.45. The molecule has 0 bridgehead atoms. The van der Waals surface area contributed by atoms with Gasteiger partial charge < -0.3 is 10.1 Å². The summed E-state index contributed by atoms with van der Waals surface area (Å²) in [5.41, 5.74) is 0.267. The van der Waals surface area contributed by atoms with Crippen LogP contribution in [-0.4, -0.2) is 43.9 Å². The van der Waals surface area contributed by atoms with Gasteiger partial charge in [0.2, 0.25) is 0 Å². The molecule has 0 amide bonds. The summed E-state index contributed by atoms with van der Waals surface area (Å²) in [6.45, 7) is 4.31. The van der Waals surface area contributed by atoms with Crippen LogP contribution in [0.25, 0.3) is 0 Å². The van der Waals surface area contributed by atoms with Crippen molar-refractivity contribution in [2.75, 3.05) is 32.8 Å². The van der Waals surface area contributed by atoms with E-state index in [0.717, 1.165) is 0 Å². The van der Waals surface area contributed by atoms with Crippen molar-refractivity contribution in [3.63, 3.8) is 0 Å². The molecule has 1 aromatic rings. The number of halogens is 5. The maximum absolute atomic E-state index is 13.3. The maximum atomic E-state index is 13.3. The predicted molar refractivity (Wildman–Crippen MR) is 85.3 cm³/mol. The quantitative estimate of drug-likeness (QED) is 0.889. The van der Waals surface area contributed by atoms with Crippen molar-refractivity contribution in [2.24, 2.45) is 0 Å². The fraction of sp³-hybridized carbons (Fsp3) is 0.571. The Labute approximate surface area is 141 Å². The number of piperazine rings is 1. The molecule has 2 rings (SSSR count). The van der Waals surface area contributed by atoms with Crippen LogP contribution in [0.1, 0.15) is 18.5 Å². The Morgan fingerprint density at radius 1 is 1.14 bits per heavy atom. The average molecular weight is 361 g/mol. The van der Waals surface area contributed by atoms with E-state index in [2.05, 4.69) is 5.32 Å². The van der Waals surface area contributed by atoms with E-state index >= 15 is 0 Å². The normalized spacial score (nSPS) is 17.1. The van der Waals surface area contributed by atoms with Crippen LogP contribution in [0.2, 0.25) is 0 Å². The van der Waals surface area contributed by atoms with Crippen LogP contribution in [0, 0.1) is 0 Å². The minimum Gasteiger partial charge on any atom is -0.494 e. The van der Waals surface area contributed by atoms with Crippen molar-refractivity contribution in [1.29, 1.82) is 0 Å². The molecule has 0 radical (unpaired) electrons. The first-order valence-electron chi connectivity index (χ1n) is 6.76. The van der Waals surface area contributed by atoms with Crippen molar-refractivity contribution in [2.45, 2.75) is 19.1 Å². The van der Waals surface area contributed by atoms with Crippen LogP contribution in [0.15, 0.2) is 24.3 Å². The van der Waals surface area contributed by atoms with E-state index in [4.69, 9.17) is 4.74 Å². The van der Waals surface area contributed by atoms with Crippen molar-refractivity contribution < 1.29 is 17.9 Å². The molecule has 1 atom stereocenters. The van der Waals surface area contributed by atoms with E-state index in [9.17, 15) is 13.2 Å². The minimum atomic E-state index is -4.27. The summed E-state index contributed by atoms with van der Waals surface area (Å²) >= 11 is 0. The van der Waals surface area contributed by atoms with Crippen molar-refractivity contribution in [1.82, 2.24) is 10.2 Å². The molecule has 0 unspecified atom stereocenters. The van der Waals surface area contributed by atoms with Crippen LogP contribution in [0.4, 0.5) is 13.2 Å². The number of hydrogen-bond acceptors (Lipinski definition) is 3. The van der Waals surface area contributed by atoms with Gasteiger partial charge in [-0.3, -0.25) is 4.90 Å². The van der Waals surface area contributed by atoms with Crippen molar-refractivity contribution >= 4 is 24.8 Å². The molecule has 1 fully saturated rings. The molecule has 1 heterocycles. The van der Waals surface area contributed by atoms with Crippen LogP contribution in [0.5, 0.6) is 5.75 Å². The van der Waals surface area contributed by atoms with Gasteiger partial charge in [-0.25, -0.2) is 0 Å². The molecular formula is C14H21Cl2F3N2O. The highest BCUT2D eigenvalue weighted by Crippen LogP contribution is 2.38. The van der Waals surface area contributed by atoms with Crippen LogP contribution in [-0.2, 0) is 0 Å². The Balaban J connectivity index is 0.00000220. The van der Waals surface area contributed by atoms with E-state index in [1.165, 1.54) is 17.0 Å². The fourth-order valence-corrected chi connectivity index (χ4v) is 2.46. The summed E-state index contributed by atoms with van der Waals surface area (Å²) in [6.07, 6.45) is -4.27. The van der Waals surface area contributed by atoms with Gasteiger partial charge in [-0.05, 0) is 24.6 Å². The minimum absolute atomic E-state index is 0. The van der Waals surface area contributed by atoms with Gasteiger partial charge in [0, 0.05) is 26.2 Å². The number of hydrogen-bond donors (Lipinski definition) is 1. The van der Waals surface area contributed by atoms with E-state index in [0.29, 0.717) is 38.5 Å². The maximum Gasteiger partial charge on any atom is 0.408 e. The lowest BCUT2D eigenvalue weighted by molar-refractivity contribution is -0.187. The SMILES string of the molecule is CCOc1ccc([C@H](N2CCNCC2)C(F)(F)F)cc1.Cl.Cl. The van der Waals surface area contributed by atoms with E-state index in [1.54, 1.807) is 12.1 Å². The molecule has 1 saturated heterocycles. The highest BCUT2D eigenvalue weighted by Gasteiger charge is 2.44. The summed E-state index contributed by atoms with van der Waals surface area (Å²) in [5, 5.41) is 3.07. The third-order valence-electron chi connectivity index (χ3n) is 3.33. The molecule has 8 heteroatoms. The average Bonchev–Trinajstić information content (AvgIpc) is 2.41. The van der Waals surface area contributed by atoms with Crippen molar-refractivity contribution in [3.05, 3.63) is 29.8 Å². The highest BCUT2D eigenvalue weighted by atomic mass is 35.5. The Morgan fingerprint density at radius 2 is 1.68 bits per heavy atom. The van der Waals surface area contributed by atoms with E-state index in [-0.39, 0.29) is 30.4 Å². The first-order valence-corrected chi connectivity index (χ1v) is 6.76. The molecule has 128 valence electrons. The molecule has 0 saturated carbocycles. The zero-order valence-corrected chi connectivity index (χ0v) is 13.9. The molecule has 1 aliphatic rings. The lowest BCUT2D eigenvalue weighted by Gasteiger charge is -2.36. The summed E-state index contributed by atoms with van der Waals surface area (Å²) in [6, 6.07) is 4.66. The van der Waals surface area contributed by atoms with Gasteiger partial charge in [-0.15, -0.1) is 24.8 Å². The predicted octanol–water partition coefficient (Wildman–Crippen LogP) is 3.44. The van der Waals surface area contributed by atoms with Crippen LogP contribution < -0.4 is 10.1 Å².